The molecular weight excluding hydrogens is 414 g/mol. The molecule has 0 saturated carbocycles. The zero-order chi connectivity index (χ0) is 12.8. The highest BCUT2D eigenvalue weighted by Gasteiger charge is 2.10. The van der Waals surface area contributed by atoms with Crippen molar-refractivity contribution in [1.29, 1.82) is 0 Å². The van der Waals surface area contributed by atoms with Gasteiger partial charge < -0.3 is 10.1 Å². The predicted molar refractivity (Wildman–Crippen MR) is 82.7 cm³/mol. The first kappa shape index (κ1) is 15.5. The van der Waals surface area contributed by atoms with E-state index >= 15 is 0 Å². The SMILES string of the molecule is CCNCC(C)COc1c(Br)cc(Br)cc1Br. The lowest BCUT2D eigenvalue weighted by Gasteiger charge is -2.15. The summed E-state index contributed by atoms with van der Waals surface area (Å²) in [6, 6.07) is 3.96. The summed E-state index contributed by atoms with van der Waals surface area (Å²) in [5, 5.41) is 3.31. The molecule has 1 N–H and O–H groups in total. The summed E-state index contributed by atoms with van der Waals surface area (Å²) in [6.45, 7) is 6.95. The highest BCUT2D eigenvalue weighted by molar-refractivity contribution is 9.11. The summed E-state index contributed by atoms with van der Waals surface area (Å²) in [6.07, 6.45) is 0. The van der Waals surface area contributed by atoms with Crippen molar-refractivity contribution in [3.8, 4) is 5.75 Å². The van der Waals surface area contributed by atoms with E-state index in [0.717, 1.165) is 32.3 Å². The van der Waals surface area contributed by atoms with E-state index in [1.54, 1.807) is 0 Å². The zero-order valence-electron chi connectivity index (χ0n) is 9.90. The summed E-state index contributed by atoms with van der Waals surface area (Å²) in [4.78, 5) is 0. The van der Waals surface area contributed by atoms with Crippen molar-refractivity contribution in [2.24, 2.45) is 5.92 Å². The van der Waals surface area contributed by atoms with E-state index in [4.69, 9.17) is 4.74 Å². The molecule has 0 aromatic heterocycles. The summed E-state index contributed by atoms with van der Waals surface area (Å²) >= 11 is 10.4. The van der Waals surface area contributed by atoms with Crippen molar-refractivity contribution in [2.45, 2.75) is 13.8 Å². The molecular formula is C12H16Br3NO. The molecule has 1 aromatic rings. The molecule has 0 aliphatic heterocycles. The quantitative estimate of drug-likeness (QED) is 0.713. The maximum atomic E-state index is 5.83. The maximum Gasteiger partial charge on any atom is 0.147 e. The molecule has 0 spiro atoms. The van der Waals surface area contributed by atoms with Gasteiger partial charge in [-0.15, -0.1) is 0 Å². The Kier molecular flexibility index (Phi) is 7.07. The molecule has 1 unspecified atom stereocenters. The van der Waals surface area contributed by atoms with Crippen molar-refractivity contribution in [3.63, 3.8) is 0 Å². The van der Waals surface area contributed by atoms with E-state index < -0.39 is 0 Å². The maximum absolute atomic E-state index is 5.83. The molecule has 0 saturated heterocycles. The molecule has 1 atom stereocenters. The van der Waals surface area contributed by atoms with Crippen LogP contribution in [0.25, 0.3) is 0 Å². The molecule has 0 aliphatic rings. The molecule has 0 radical (unpaired) electrons. The second kappa shape index (κ2) is 7.77. The number of hydrogen-bond acceptors (Lipinski definition) is 2. The zero-order valence-corrected chi connectivity index (χ0v) is 14.7. The van der Waals surface area contributed by atoms with Crippen LogP contribution in [0.5, 0.6) is 5.75 Å². The van der Waals surface area contributed by atoms with E-state index in [0.29, 0.717) is 12.5 Å². The molecule has 17 heavy (non-hydrogen) atoms. The Hall–Kier alpha value is 0.420. The fourth-order valence-electron chi connectivity index (χ4n) is 1.34. The van der Waals surface area contributed by atoms with E-state index in [1.165, 1.54) is 0 Å². The summed E-state index contributed by atoms with van der Waals surface area (Å²) in [5.74, 6) is 1.34. The van der Waals surface area contributed by atoms with Gasteiger partial charge in [-0.2, -0.15) is 0 Å². The minimum Gasteiger partial charge on any atom is -0.491 e. The number of ether oxygens (including phenoxy) is 1. The molecule has 2 nitrogen and oxygen atoms in total. The third kappa shape index (κ3) is 5.28. The summed E-state index contributed by atoms with van der Waals surface area (Å²) in [7, 11) is 0. The van der Waals surface area contributed by atoms with Crippen molar-refractivity contribution < 1.29 is 4.74 Å². The van der Waals surface area contributed by atoms with Crippen LogP contribution in [-0.2, 0) is 0 Å². The Morgan fingerprint density at radius 2 is 1.82 bits per heavy atom. The van der Waals surface area contributed by atoms with Crippen LogP contribution in [0.15, 0.2) is 25.6 Å². The van der Waals surface area contributed by atoms with Gasteiger partial charge in [-0.05, 0) is 50.5 Å². The summed E-state index contributed by atoms with van der Waals surface area (Å²) in [5.41, 5.74) is 0. The fourth-order valence-corrected chi connectivity index (χ4v) is 3.83. The molecule has 0 bridgehead atoms. The Bertz CT molecular complexity index is 348. The standard InChI is InChI=1S/C12H16Br3NO/c1-3-16-6-8(2)7-17-12-10(14)4-9(13)5-11(12)15/h4-5,8,16H,3,6-7H2,1-2H3. The third-order valence-corrected chi connectivity index (χ3v) is 3.85. The van der Waals surface area contributed by atoms with E-state index in [9.17, 15) is 0 Å². The van der Waals surface area contributed by atoms with Gasteiger partial charge in [0.15, 0.2) is 0 Å². The Balaban J connectivity index is 2.57. The van der Waals surface area contributed by atoms with Crippen molar-refractivity contribution >= 4 is 47.8 Å². The molecule has 1 rings (SSSR count). The number of rotatable bonds is 6. The van der Waals surface area contributed by atoms with Gasteiger partial charge in [0.25, 0.3) is 0 Å². The number of hydrogen-bond donors (Lipinski definition) is 1. The first-order valence-electron chi connectivity index (χ1n) is 5.52. The lowest BCUT2D eigenvalue weighted by atomic mass is 10.2. The van der Waals surface area contributed by atoms with Gasteiger partial charge in [-0.25, -0.2) is 0 Å². The van der Waals surface area contributed by atoms with Crippen LogP contribution in [0.2, 0.25) is 0 Å². The monoisotopic (exact) mass is 427 g/mol. The van der Waals surface area contributed by atoms with Gasteiger partial charge in [-0.3, -0.25) is 0 Å². The molecule has 0 amide bonds. The van der Waals surface area contributed by atoms with Crippen molar-refractivity contribution in [1.82, 2.24) is 5.32 Å². The lowest BCUT2D eigenvalue weighted by molar-refractivity contribution is 0.253. The van der Waals surface area contributed by atoms with Crippen LogP contribution in [0.1, 0.15) is 13.8 Å². The number of benzene rings is 1. The highest BCUT2D eigenvalue weighted by Crippen LogP contribution is 2.36. The first-order valence-corrected chi connectivity index (χ1v) is 7.90. The largest absolute Gasteiger partial charge is 0.491 e. The fraction of sp³-hybridized carbons (Fsp3) is 0.500. The summed E-state index contributed by atoms with van der Waals surface area (Å²) < 4.78 is 8.75. The van der Waals surface area contributed by atoms with E-state index in [1.807, 2.05) is 12.1 Å². The Labute approximate surface area is 128 Å². The lowest BCUT2D eigenvalue weighted by Crippen LogP contribution is -2.24. The predicted octanol–water partition coefficient (Wildman–Crippen LogP) is 4.60. The van der Waals surface area contributed by atoms with Gasteiger partial charge >= 0.3 is 0 Å². The van der Waals surface area contributed by atoms with Crippen molar-refractivity contribution in [3.05, 3.63) is 25.6 Å². The molecule has 0 heterocycles. The average molecular weight is 430 g/mol. The molecule has 0 aliphatic carbocycles. The van der Waals surface area contributed by atoms with Crippen LogP contribution in [0.4, 0.5) is 0 Å². The molecule has 5 heteroatoms. The smallest absolute Gasteiger partial charge is 0.147 e. The first-order chi connectivity index (χ1) is 8.04. The van der Waals surface area contributed by atoms with Crippen LogP contribution in [-0.4, -0.2) is 19.7 Å². The minimum atomic E-state index is 0.484. The highest BCUT2D eigenvalue weighted by atomic mass is 79.9. The number of nitrogens with one attached hydrogen (secondary N) is 1. The van der Waals surface area contributed by atoms with E-state index in [2.05, 4.69) is 67.0 Å². The van der Waals surface area contributed by atoms with Crippen LogP contribution < -0.4 is 10.1 Å². The Morgan fingerprint density at radius 3 is 2.35 bits per heavy atom. The number of halogens is 3. The second-order valence-electron chi connectivity index (χ2n) is 3.92. The van der Waals surface area contributed by atoms with Crippen LogP contribution >= 0.6 is 47.8 Å². The van der Waals surface area contributed by atoms with Gasteiger partial charge in [0.1, 0.15) is 5.75 Å². The second-order valence-corrected chi connectivity index (χ2v) is 6.55. The molecule has 96 valence electrons. The van der Waals surface area contributed by atoms with Crippen molar-refractivity contribution in [2.75, 3.05) is 19.7 Å². The molecule has 1 aromatic carbocycles. The topological polar surface area (TPSA) is 21.3 Å². The molecule has 0 fully saturated rings. The van der Waals surface area contributed by atoms with E-state index in [-0.39, 0.29) is 0 Å². The average Bonchev–Trinajstić information content (AvgIpc) is 2.24. The normalized spacial score (nSPS) is 12.5. The van der Waals surface area contributed by atoms with Crippen LogP contribution in [0.3, 0.4) is 0 Å². The van der Waals surface area contributed by atoms with Gasteiger partial charge in [-0.1, -0.05) is 29.8 Å². The van der Waals surface area contributed by atoms with Gasteiger partial charge in [0.2, 0.25) is 0 Å². The Morgan fingerprint density at radius 1 is 1.24 bits per heavy atom. The van der Waals surface area contributed by atoms with Crippen LogP contribution in [0, 0.1) is 5.92 Å². The van der Waals surface area contributed by atoms with Gasteiger partial charge in [0, 0.05) is 16.9 Å². The minimum absolute atomic E-state index is 0.484. The van der Waals surface area contributed by atoms with Gasteiger partial charge in [0.05, 0.1) is 15.6 Å². The third-order valence-electron chi connectivity index (χ3n) is 2.22.